The van der Waals surface area contributed by atoms with Crippen LogP contribution in [0.4, 0.5) is 0 Å². The average Bonchev–Trinajstić information content (AvgIpc) is 3.13. The van der Waals surface area contributed by atoms with Crippen molar-refractivity contribution in [3.63, 3.8) is 0 Å². The molecular formula is C22H34BrN3. The maximum atomic E-state index is 4.90. The molecule has 0 unspecified atom stereocenters. The summed E-state index contributed by atoms with van der Waals surface area (Å²) in [6, 6.07) is 8.66. The Hall–Kier alpha value is -1.13. The molecule has 0 fully saturated rings. The third kappa shape index (κ3) is 7.24. The first-order chi connectivity index (χ1) is 12.7. The lowest BCUT2D eigenvalue weighted by atomic mass is 10.1. The highest BCUT2D eigenvalue weighted by molar-refractivity contribution is 9.10. The fraction of sp³-hybridized carbons (Fsp3) is 0.591. The van der Waals surface area contributed by atoms with Crippen molar-refractivity contribution in [3.05, 3.63) is 40.8 Å². The molecule has 2 rings (SSSR count). The van der Waals surface area contributed by atoms with E-state index < -0.39 is 0 Å². The van der Waals surface area contributed by atoms with Crippen molar-refractivity contribution in [2.45, 2.75) is 77.7 Å². The van der Waals surface area contributed by atoms with Crippen LogP contribution in [-0.4, -0.2) is 16.5 Å². The maximum Gasteiger partial charge on any atom is 0.124 e. The average molecular weight is 420 g/mol. The van der Waals surface area contributed by atoms with Crippen LogP contribution in [0, 0.1) is 0 Å². The molecule has 1 aromatic heterocycles. The molecule has 1 heterocycles. The molecule has 0 aliphatic carbocycles. The summed E-state index contributed by atoms with van der Waals surface area (Å²) in [5.41, 5.74) is 2.17. The van der Waals surface area contributed by atoms with Crippen molar-refractivity contribution in [3.8, 4) is 11.3 Å². The van der Waals surface area contributed by atoms with Gasteiger partial charge in [-0.2, -0.15) is 0 Å². The van der Waals surface area contributed by atoms with Gasteiger partial charge in [-0.15, -0.1) is 0 Å². The number of hydrogen-bond acceptors (Lipinski definition) is 2. The number of rotatable bonds is 13. The van der Waals surface area contributed by atoms with Crippen molar-refractivity contribution < 1.29 is 0 Å². The Bertz CT molecular complexity index is 623. The van der Waals surface area contributed by atoms with Gasteiger partial charge in [0.2, 0.25) is 0 Å². The van der Waals surface area contributed by atoms with Crippen LogP contribution in [0.2, 0.25) is 0 Å². The molecule has 26 heavy (non-hydrogen) atoms. The van der Waals surface area contributed by atoms with Crippen LogP contribution in [-0.2, 0) is 0 Å². The molecule has 0 aliphatic heterocycles. The Morgan fingerprint density at radius 1 is 1.04 bits per heavy atom. The summed E-state index contributed by atoms with van der Waals surface area (Å²) in [5.74, 6) is 1.08. The van der Waals surface area contributed by atoms with Gasteiger partial charge in [-0.25, -0.2) is 4.98 Å². The zero-order chi connectivity index (χ0) is 18.6. The fourth-order valence-corrected chi connectivity index (χ4v) is 3.65. The number of aromatic amines is 1. The molecule has 144 valence electrons. The minimum absolute atomic E-state index is 0.328. The van der Waals surface area contributed by atoms with Gasteiger partial charge in [0.05, 0.1) is 11.7 Å². The molecule has 1 atom stereocenters. The van der Waals surface area contributed by atoms with Crippen LogP contribution in [0.3, 0.4) is 0 Å². The number of benzene rings is 1. The first-order valence-corrected chi connectivity index (χ1v) is 11.1. The maximum absolute atomic E-state index is 4.90. The zero-order valence-electron chi connectivity index (χ0n) is 16.4. The van der Waals surface area contributed by atoms with E-state index >= 15 is 0 Å². The van der Waals surface area contributed by atoms with E-state index in [1.165, 1.54) is 51.4 Å². The van der Waals surface area contributed by atoms with Crippen molar-refractivity contribution in [1.82, 2.24) is 15.3 Å². The van der Waals surface area contributed by atoms with Crippen LogP contribution in [0.25, 0.3) is 11.3 Å². The summed E-state index contributed by atoms with van der Waals surface area (Å²) >= 11 is 3.55. The van der Waals surface area contributed by atoms with Gasteiger partial charge < -0.3 is 10.3 Å². The summed E-state index contributed by atoms with van der Waals surface area (Å²) in [7, 11) is 0. The number of halogens is 1. The topological polar surface area (TPSA) is 40.7 Å². The van der Waals surface area contributed by atoms with Crippen LogP contribution < -0.4 is 5.32 Å². The number of nitrogens with one attached hydrogen (secondary N) is 2. The Morgan fingerprint density at radius 3 is 2.54 bits per heavy atom. The molecule has 2 N–H and O–H groups in total. The van der Waals surface area contributed by atoms with E-state index in [0.717, 1.165) is 34.5 Å². The van der Waals surface area contributed by atoms with Crippen LogP contribution in [0.1, 0.15) is 83.5 Å². The lowest BCUT2D eigenvalue weighted by Crippen LogP contribution is -2.23. The summed E-state index contributed by atoms with van der Waals surface area (Å²) < 4.78 is 1.09. The quantitative estimate of drug-likeness (QED) is 0.342. The van der Waals surface area contributed by atoms with Crippen molar-refractivity contribution in [2.75, 3.05) is 6.54 Å². The third-order valence-electron chi connectivity index (χ3n) is 4.82. The number of unbranched alkanes of at least 4 members (excludes halogenated alkanes) is 6. The molecule has 1 aromatic carbocycles. The van der Waals surface area contributed by atoms with Gasteiger partial charge in [0, 0.05) is 16.2 Å². The van der Waals surface area contributed by atoms with Crippen molar-refractivity contribution in [1.29, 1.82) is 0 Å². The summed E-state index contributed by atoms with van der Waals surface area (Å²) in [6.45, 7) is 5.60. The molecule has 0 saturated heterocycles. The summed E-state index contributed by atoms with van der Waals surface area (Å²) in [4.78, 5) is 8.32. The molecule has 0 saturated carbocycles. The van der Waals surface area contributed by atoms with E-state index in [1.807, 2.05) is 12.3 Å². The third-order valence-corrected chi connectivity index (χ3v) is 5.31. The minimum atomic E-state index is 0.328. The zero-order valence-corrected chi connectivity index (χ0v) is 17.9. The Balaban J connectivity index is 1.98. The molecule has 3 nitrogen and oxygen atoms in total. The highest BCUT2D eigenvalue weighted by atomic mass is 79.9. The molecule has 0 radical (unpaired) electrons. The Morgan fingerprint density at radius 2 is 1.81 bits per heavy atom. The normalized spacial score (nSPS) is 12.4. The van der Waals surface area contributed by atoms with Gasteiger partial charge in [-0.1, -0.05) is 86.9 Å². The molecule has 0 amide bonds. The van der Waals surface area contributed by atoms with Crippen LogP contribution in [0.15, 0.2) is 34.9 Å². The van der Waals surface area contributed by atoms with Gasteiger partial charge >= 0.3 is 0 Å². The van der Waals surface area contributed by atoms with E-state index in [0.29, 0.717) is 6.04 Å². The van der Waals surface area contributed by atoms with E-state index in [2.05, 4.69) is 58.3 Å². The first-order valence-electron chi connectivity index (χ1n) is 10.3. The number of H-pyrrole nitrogens is 1. The van der Waals surface area contributed by atoms with Gasteiger partial charge in [0.25, 0.3) is 0 Å². The predicted octanol–water partition coefficient (Wildman–Crippen LogP) is 7.02. The highest BCUT2D eigenvalue weighted by Crippen LogP contribution is 2.24. The van der Waals surface area contributed by atoms with Gasteiger partial charge in [0.1, 0.15) is 5.82 Å². The van der Waals surface area contributed by atoms with Crippen LogP contribution in [0.5, 0.6) is 0 Å². The number of imidazole rings is 1. The second-order valence-electron chi connectivity index (χ2n) is 7.10. The molecule has 0 spiro atoms. The number of hydrogen-bond donors (Lipinski definition) is 2. The summed E-state index contributed by atoms with van der Waals surface area (Å²) in [6.07, 6.45) is 13.5. The molecular weight excluding hydrogens is 386 g/mol. The smallest absolute Gasteiger partial charge is 0.124 e. The van der Waals surface area contributed by atoms with E-state index in [-0.39, 0.29) is 0 Å². The molecule has 0 bridgehead atoms. The van der Waals surface area contributed by atoms with Crippen molar-refractivity contribution >= 4 is 15.9 Å². The number of aromatic nitrogens is 2. The first kappa shape index (κ1) is 21.2. The molecule has 0 aliphatic rings. The fourth-order valence-electron chi connectivity index (χ4n) is 3.25. The lowest BCUT2D eigenvalue weighted by molar-refractivity contribution is 0.445. The standard InChI is InChI=1S/C22H34BrN3/c1-3-5-7-9-14-20(24-15-10-8-6-4-2)22-25-17-21(26-22)18-12-11-13-19(23)16-18/h11-13,16-17,20,24H,3-10,14-15H2,1-2H3,(H,25,26)/t20-/m1/s1. The second kappa shape index (κ2) is 12.3. The van der Waals surface area contributed by atoms with Crippen molar-refractivity contribution in [2.24, 2.45) is 0 Å². The minimum Gasteiger partial charge on any atom is -0.347 e. The highest BCUT2D eigenvalue weighted by Gasteiger charge is 2.15. The van der Waals surface area contributed by atoms with E-state index in [1.54, 1.807) is 0 Å². The Labute approximate surface area is 167 Å². The monoisotopic (exact) mass is 419 g/mol. The van der Waals surface area contributed by atoms with E-state index in [4.69, 9.17) is 4.98 Å². The van der Waals surface area contributed by atoms with Gasteiger partial charge in [0.15, 0.2) is 0 Å². The lowest BCUT2D eigenvalue weighted by Gasteiger charge is -2.16. The van der Waals surface area contributed by atoms with Gasteiger partial charge in [-0.05, 0) is 31.5 Å². The largest absolute Gasteiger partial charge is 0.347 e. The SMILES string of the molecule is CCCCCCN[C@H](CCCCCC)c1nc(-c2cccc(Br)c2)c[nH]1. The molecule has 4 heteroatoms. The second-order valence-corrected chi connectivity index (χ2v) is 8.01. The summed E-state index contributed by atoms with van der Waals surface area (Å²) in [5, 5.41) is 3.75. The predicted molar refractivity (Wildman–Crippen MR) is 115 cm³/mol. The number of nitrogens with zero attached hydrogens (tertiary/aromatic N) is 1. The van der Waals surface area contributed by atoms with E-state index in [9.17, 15) is 0 Å². The Kier molecular flexibility index (Phi) is 10.0. The van der Waals surface area contributed by atoms with Gasteiger partial charge in [-0.3, -0.25) is 0 Å². The van der Waals surface area contributed by atoms with Crippen LogP contribution >= 0.6 is 15.9 Å². The molecule has 2 aromatic rings.